The first kappa shape index (κ1) is 22.3. The Labute approximate surface area is 197 Å². The van der Waals surface area contributed by atoms with E-state index in [0.717, 1.165) is 62.2 Å². The Bertz CT molecular complexity index is 1180. The highest BCUT2D eigenvalue weighted by Gasteiger charge is 2.21. The Hall–Kier alpha value is -3.46. The molecular weight excluding hydrogens is 437 g/mol. The van der Waals surface area contributed by atoms with Crippen LogP contribution in [0.3, 0.4) is 0 Å². The van der Waals surface area contributed by atoms with Crippen molar-refractivity contribution in [1.29, 1.82) is 0 Å². The summed E-state index contributed by atoms with van der Waals surface area (Å²) in [5.41, 5.74) is 1.54. The van der Waals surface area contributed by atoms with E-state index in [1.807, 2.05) is 6.07 Å². The summed E-state index contributed by atoms with van der Waals surface area (Å²) < 4.78 is 26.4. The third-order valence-corrected chi connectivity index (χ3v) is 6.28. The quantitative estimate of drug-likeness (QED) is 0.578. The fraction of sp³-hybridized carbons (Fsp3) is 0.400. The van der Waals surface area contributed by atoms with E-state index in [4.69, 9.17) is 9.47 Å². The molecule has 2 aromatic carbocycles. The summed E-state index contributed by atoms with van der Waals surface area (Å²) in [6, 6.07) is 11.8. The number of aromatic nitrogens is 3. The maximum atomic E-state index is 13.4. The van der Waals surface area contributed by atoms with Crippen LogP contribution < -0.4 is 14.8 Å². The fourth-order valence-corrected chi connectivity index (χ4v) is 4.61. The molecule has 3 aromatic rings. The second kappa shape index (κ2) is 9.80. The van der Waals surface area contributed by atoms with Gasteiger partial charge in [-0.2, -0.15) is 0 Å². The third kappa shape index (κ3) is 5.04. The second-order valence-corrected chi connectivity index (χ2v) is 8.92. The van der Waals surface area contributed by atoms with Gasteiger partial charge in [0.15, 0.2) is 17.3 Å². The summed E-state index contributed by atoms with van der Waals surface area (Å²) >= 11 is 0. The van der Waals surface area contributed by atoms with Crippen LogP contribution in [0.2, 0.25) is 0 Å². The van der Waals surface area contributed by atoms with Crippen LogP contribution in [-0.4, -0.2) is 52.0 Å². The van der Waals surface area contributed by atoms with Gasteiger partial charge in [-0.15, -0.1) is 10.2 Å². The van der Waals surface area contributed by atoms with Crippen LogP contribution >= 0.6 is 0 Å². The summed E-state index contributed by atoms with van der Waals surface area (Å²) in [5, 5.41) is 11.4. The summed E-state index contributed by atoms with van der Waals surface area (Å²) in [5.74, 6) is 3.01. The molecule has 1 N–H and O–H groups in total. The van der Waals surface area contributed by atoms with E-state index >= 15 is 0 Å². The largest absolute Gasteiger partial charge is 0.454 e. The van der Waals surface area contributed by atoms with E-state index in [2.05, 4.69) is 44.0 Å². The average Bonchev–Trinajstić information content (AvgIpc) is 3.40. The van der Waals surface area contributed by atoms with Crippen molar-refractivity contribution in [2.24, 2.45) is 5.92 Å². The number of amides is 1. The van der Waals surface area contributed by atoms with Crippen LogP contribution in [-0.2, 0) is 25.9 Å². The molecule has 0 bridgehead atoms. The number of nitrogens with zero attached hydrogens (tertiary/aromatic N) is 4. The minimum atomic E-state index is -0.433. The van der Waals surface area contributed by atoms with Gasteiger partial charge in [0.2, 0.25) is 6.79 Å². The third-order valence-electron chi connectivity index (χ3n) is 6.28. The normalized spacial score (nSPS) is 16.1. The molecule has 0 radical (unpaired) electrons. The van der Waals surface area contributed by atoms with Crippen molar-refractivity contribution in [1.82, 2.24) is 25.0 Å². The zero-order chi connectivity index (χ0) is 23.5. The van der Waals surface area contributed by atoms with Crippen LogP contribution in [0.1, 0.15) is 34.5 Å². The molecule has 1 aromatic heterocycles. The maximum absolute atomic E-state index is 13.4. The number of fused-ring (bicyclic) bond motifs is 2. The van der Waals surface area contributed by atoms with Crippen molar-refractivity contribution >= 4 is 5.91 Å². The van der Waals surface area contributed by atoms with Gasteiger partial charge in [0.05, 0.1) is 6.54 Å². The molecule has 0 spiro atoms. The van der Waals surface area contributed by atoms with Crippen molar-refractivity contribution in [2.75, 3.05) is 26.4 Å². The highest BCUT2D eigenvalue weighted by atomic mass is 19.1. The lowest BCUT2D eigenvalue weighted by Gasteiger charge is -2.24. The zero-order valence-electron chi connectivity index (χ0n) is 19.2. The Kier molecular flexibility index (Phi) is 6.44. The molecule has 3 heterocycles. The highest BCUT2D eigenvalue weighted by molar-refractivity contribution is 5.94. The number of hydrogen-bond acceptors (Lipinski definition) is 6. The van der Waals surface area contributed by atoms with E-state index in [9.17, 15) is 9.18 Å². The summed E-state index contributed by atoms with van der Waals surface area (Å²) in [7, 11) is 0. The average molecular weight is 466 g/mol. The maximum Gasteiger partial charge on any atom is 0.251 e. The van der Waals surface area contributed by atoms with E-state index in [1.54, 1.807) is 6.07 Å². The lowest BCUT2D eigenvalue weighted by atomic mass is 10.00. The summed E-state index contributed by atoms with van der Waals surface area (Å²) in [6.07, 6.45) is 1.78. The Balaban J connectivity index is 1.14. The first-order chi connectivity index (χ1) is 16.5. The number of rotatable bonds is 7. The molecule has 178 valence electrons. The second-order valence-electron chi connectivity index (χ2n) is 8.92. The fourth-order valence-electron chi connectivity index (χ4n) is 4.61. The van der Waals surface area contributed by atoms with Gasteiger partial charge >= 0.3 is 0 Å². The van der Waals surface area contributed by atoms with Crippen molar-refractivity contribution in [3.8, 4) is 11.5 Å². The standard InChI is InChI=1S/C25H28FN5O3/c1-17(11-18-5-6-21-22(12-18)34-16-33-21)15-30-8-7-23-28-29-24(31(23)10-9-30)14-27-25(32)19-3-2-4-20(26)13-19/h2-6,12-13,17H,7-11,14-16H2,1H3,(H,27,32). The van der Waals surface area contributed by atoms with Crippen LogP contribution in [0.4, 0.5) is 4.39 Å². The Morgan fingerprint density at radius 3 is 2.88 bits per heavy atom. The van der Waals surface area contributed by atoms with Gasteiger partial charge in [-0.1, -0.05) is 19.1 Å². The molecular formula is C25H28FN5O3. The molecule has 9 heteroatoms. The van der Waals surface area contributed by atoms with Gasteiger partial charge in [0, 0.05) is 38.2 Å². The summed E-state index contributed by atoms with van der Waals surface area (Å²) in [4.78, 5) is 14.8. The number of carbonyl (C=O) groups is 1. The van der Waals surface area contributed by atoms with E-state index in [-0.39, 0.29) is 12.5 Å². The van der Waals surface area contributed by atoms with Gasteiger partial charge in [0.25, 0.3) is 5.91 Å². The molecule has 34 heavy (non-hydrogen) atoms. The van der Waals surface area contributed by atoms with E-state index in [0.29, 0.717) is 18.3 Å². The number of benzene rings is 2. The topological polar surface area (TPSA) is 81.5 Å². The van der Waals surface area contributed by atoms with Crippen molar-refractivity contribution in [2.45, 2.75) is 32.9 Å². The first-order valence-electron chi connectivity index (χ1n) is 11.6. The number of nitrogens with one attached hydrogen (secondary N) is 1. The molecule has 1 amide bonds. The van der Waals surface area contributed by atoms with Gasteiger partial charge < -0.3 is 24.3 Å². The van der Waals surface area contributed by atoms with Gasteiger partial charge in [0.1, 0.15) is 11.6 Å². The zero-order valence-corrected chi connectivity index (χ0v) is 19.2. The van der Waals surface area contributed by atoms with Crippen molar-refractivity contribution < 1.29 is 18.7 Å². The predicted octanol–water partition coefficient (Wildman–Crippen LogP) is 2.81. The minimum Gasteiger partial charge on any atom is -0.454 e. The lowest BCUT2D eigenvalue weighted by molar-refractivity contribution is 0.0949. The minimum absolute atomic E-state index is 0.253. The Morgan fingerprint density at radius 2 is 2.00 bits per heavy atom. The lowest BCUT2D eigenvalue weighted by Crippen LogP contribution is -2.32. The first-order valence-corrected chi connectivity index (χ1v) is 11.6. The van der Waals surface area contributed by atoms with Crippen LogP contribution in [0.25, 0.3) is 0 Å². The van der Waals surface area contributed by atoms with Gasteiger partial charge in [-0.05, 0) is 48.2 Å². The number of hydrogen-bond donors (Lipinski definition) is 1. The Morgan fingerprint density at radius 1 is 1.12 bits per heavy atom. The molecule has 0 fully saturated rings. The molecule has 0 saturated carbocycles. The highest BCUT2D eigenvalue weighted by Crippen LogP contribution is 2.33. The number of ether oxygens (including phenoxy) is 2. The van der Waals surface area contributed by atoms with Gasteiger partial charge in [-0.3, -0.25) is 4.79 Å². The SMILES string of the molecule is CC(Cc1ccc2c(c1)OCO2)CN1CCc2nnc(CNC(=O)c3cccc(F)c3)n2CC1. The van der Waals surface area contributed by atoms with Crippen LogP contribution in [0.15, 0.2) is 42.5 Å². The molecule has 8 nitrogen and oxygen atoms in total. The van der Waals surface area contributed by atoms with Crippen LogP contribution in [0.5, 0.6) is 11.5 Å². The predicted molar refractivity (Wildman–Crippen MR) is 123 cm³/mol. The number of carbonyl (C=O) groups excluding carboxylic acids is 1. The monoisotopic (exact) mass is 465 g/mol. The summed E-state index contributed by atoms with van der Waals surface area (Å²) in [6.45, 7) is 6.37. The smallest absolute Gasteiger partial charge is 0.251 e. The molecule has 1 atom stereocenters. The van der Waals surface area contributed by atoms with Crippen LogP contribution in [0, 0.1) is 11.7 Å². The van der Waals surface area contributed by atoms with Gasteiger partial charge in [-0.25, -0.2) is 4.39 Å². The number of halogens is 1. The van der Waals surface area contributed by atoms with E-state index in [1.165, 1.54) is 23.8 Å². The van der Waals surface area contributed by atoms with Crippen molar-refractivity contribution in [3.63, 3.8) is 0 Å². The molecule has 1 unspecified atom stereocenters. The molecule has 0 saturated heterocycles. The van der Waals surface area contributed by atoms with Crippen molar-refractivity contribution in [3.05, 3.63) is 71.1 Å². The molecule has 5 rings (SSSR count). The van der Waals surface area contributed by atoms with E-state index < -0.39 is 5.82 Å². The molecule has 2 aliphatic rings. The molecule has 0 aliphatic carbocycles. The molecule has 2 aliphatic heterocycles.